The molecule has 0 aromatic rings. The minimum atomic E-state index is -0.934. The van der Waals surface area contributed by atoms with Crippen LogP contribution < -0.4 is 5.32 Å². The molecule has 0 radical (unpaired) electrons. The Bertz CT molecular complexity index is 168. The molecule has 58 valence electrons. The summed E-state index contributed by atoms with van der Waals surface area (Å²) in [6, 6.07) is -0.602. The maximum atomic E-state index is 10.8. The van der Waals surface area contributed by atoms with Gasteiger partial charge in [0.25, 0.3) is 0 Å². The fraction of sp³-hybridized carbons (Fsp3) is 0.800. The molecule has 1 aliphatic rings. The average Bonchev–Trinajstić information content (AvgIpc) is 1.88. The molecule has 1 heterocycles. The fourth-order valence-electron chi connectivity index (χ4n) is 0.834. The van der Waals surface area contributed by atoms with E-state index in [1.54, 1.807) is 0 Å². The zero-order valence-electron chi connectivity index (χ0n) is 5.37. The van der Waals surface area contributed by atoms with Crippen molar-refractivity contribution in [2.24, 2.45) is 0 Å². The van der Waals surface area contributed by atoms with Crippen molar-refractivity contribution in [1.29, 1.82) is 0 Å². The van der Waals surface area contributed by atoms with Crippen LogP contribution >= 0.6 is 0 Å². The van der Waals surface area contributed by atoms with Crippen LogP contribution in [0.3, 0.4) is 0 Å². The molecule has 0 aromatic carbocycles. The minimum Gasteiger partial charge on any atom is -0.480 e. The highest BCUT2D eigenvalue weighted by Crippen LogP contribution is 1.95. The molecule has 1 saturated heterocycles. The van der Waals surface area contributed by atoms with E-state index in [1.165, 1.54) is 0 Å². The number of carboxylic acids is 1. The Morgan fingerprint density at radius 3 is 2.80 bits per heavy atom. The first-order chi connectivity index (χ1) is 4.70. The molecule has 2 atom stereocenters. The number of hydrogen-bond acceptors (Lipinski definition) is 3. The molecule has 0 spiro atoms. The Hall–Kier alpha value is -0.420. The van der Waals surface area contributed by atoms with Crippen molar-refractivity contribution >= 4 is 16.8 Å². The van der Waals surface area contributed by atoms with E-state index in [-0.39, 0.29) is 5.75 Å². The molecule has 0 aromatic heterocycles. The van der Waals surface area contributed by atoms with Crippen molar-refractivity contribution in [2.75, 3.05) is 18.1 Å². The number of nitrogens with one attached hydrogen (secondary N) is 1. The maximum absolute atomic E-state index is 10.8. The van der Waals surface area contributed by atoms with Gasteiger partial charge in [-0.15, -0.1) is 0 Å². The summed E-state index contributed by atoms with van der Waals surface area (Å²) in [6.07, 6.45) is 0. The Morgan fingerprint density at radius 2 is 2.40 bits per heavy atom. The average molecular weight is 163 g/mol. The predicted octanol–water partition coefficient (Wildman–Crippen LogP) is -1.21. The quantitative estimate of drug-likeness (QED) is 0.509. The Morgan fingerprint density at radius 1 is 1.70 bits per heavy atom. The highest BCUT2D eigenvalue weighted by atomic mass is 32.2. The van der Waals surface area contributed by atoms with Gasteiger partial charge in [-0.1, -0.05) is 0 Å². The van der Waals surface area contributed by atoms with Crippen LogP contribution in [0.25, 0.3) is 0 Å². The molecule has 1 aliphatic heterocycles. The van der Waals surface area contributed by atoms with Crippen molar-refractivity contribution in [1.82, 2.24) is 5.32 Å². The van der Waals surface area contributed by atoms with Crippen molar-refractivity contribution in [3.63, 3.8) is 0 Å². The first-order valence-electron chi connectivity index (χ1n) is 3.01. The topological polar surface area (TPSA) is 66.4 Å². The van der Waals surface area contributed by atoms with Crippen molar-refractivity contribution in [3.05, 3.63) is 0 Å². The zero-order chi connectivity index (χ0) is 7.56. The number of aliphatic carboxylic acids is 1. The highest BCUT2D eigenvalue weighted by Gasteiger charge is 2.23. The standard InChI is InChI=1S/C5H9NO3S/c7-5(8)4-3-10(9)2-1-6-4/h4,6H,1-3H2,(H,7,8)/t4-,10?/m0/s1. The first kappa shape index (κ1) is 7.68. The molecular weight excluding hydrogens is 154 g/mol. The van der Waals surface area contributed by atoms with Crippen LogP contribution in [0.4, 0.5) is 0 Å². The summed E-state index contributed by atoms with van der Waals surface area (Å²) in [7, 11) is -0.934. The SMILES string of the molecule is O=C(O)[C@@H]1CS(=O)CCN1. The van der Waals surface area contributed by atoms with Gasteiger partial charge in [0.1, 0.15) is 6.04 Å². The minimum absolute atomic E-state index is 0.245. The van der Waals surface area contributed by atoms with Crippen molar-refractivity contribution in [2.45, 2.75) is 6.04 Å². The molecule has 1 unspecified atom stereocenters. The van der Waals surface area contributed by atoms with Crippen LogP contribution in [0.15, 0.2) is 0 Å². The van der Waals surface area contributed by atoms with Crippen LogP contribution in [0.2, 0.25) is 0 Å². The molecule has 0 bridgehead atoms. The maximum Gasteiger partial charge on any atom is 0.321 e. The summed E-state index contributed by atoms with van der Waals surface area (Å²) >= 11 is 0. The molecule has 5 heteroatoms. The second kappa shape index (κ2) is 3.12. The largest absolute Gasteiger partial charge is 0.480 e. The molecule has 1 fully saturated rings. The van der Waals surface area contributed by atoms with Gasteiger partial charge >= 0.3 is 5.97 Å². The molecule has 0 amide bonds. The van der Waals surface area contributed by atoms with Gasteiger partial charge in [-0.05, 0) is 0 Å². The Labute approximate surface area is 61.1 Å². The molecule has 4 nitrogen and oxygen atoms in total. The summed E-state index contributed by atoms with van der Waals surface area (Å²) in [5.41, 5.74) is 0. The Balaban J connectivity index is 2.47. The molecule has 10 heavy (non-hydrogen) atoms. The molecule has 0 aliphatic carbocycles. The van der Waals surface area contributed by atoms with Gasteiger partial charge in [-0.3, -0.25) is 9.00 Å². The van der Waals surface area contributed by atoms with Crippen LogP contribution in [0.1, 0.15) is 0 Å². The second-order valence-electron chi connectivity index (χ2n) is 2.16. The van der Waals surface area contributed by atoms with Gasteiger partial charge < -0.3 is 10.4 Å². The first-order valence-corrected chi connectivity index (χ1v) is 4.50. The number of carboxylic acid groups (broad SMARTS) is 1. The summed E-state index contributed by atoms with van der Waals surface area (Å²) in [6.45, 7) is 0.545. The van der Waals surface area contributed by atoms with E-state index in [2.05, 4.69) is 5.32 Å². The van der Waals surface area contributed by atoms with E-state index in [4.69, 9.17) is 5.11 Å². The lowest BCUT2D eigenvalue weighted by Crippen LogP contribution is -2.47. The lowest BCUT2D eigenvalue weighted by Gasteiger charge is -2.18. The van der Waals surface area contributed by atoms with Crippen molar-refractivity contribution in [3.8, 4) is 0 Å². The van der Waals surface area contributed by atoms with E-state index < -0.39 is 22.8 Å². The van der Waals surface area contributed by atoms with E-state index in [1.807, 2.05) is 0 Å². The van der Waals surface area contributed by atoms with Crippen LogP contribution in [-0.2, 0) is 15.6 Å². The molecular formula is C5H9NO3S. The normalized spacial score (nSPS) is 33.6. The fourth-order valence-corrected chi connectivity index (χ4v) is 1.98. The van der Waals surface area contributed by atoms with Gasteiger partial charge in [0.2, 0.25) is 0 Å². The summed E-state index contributed by atoms with van der Waals surface area (Å²) in [5, 5.41) is 11.2. The summed E-state index contributed by atoms with van der Waals surface area (Å²) < 4.78 is 10.8. The lowest BCUT2D eigenvalue weighted by atomic mass is 10.3. The van der Waals surface area contributed by atoms with E-state index in [9.17, 15) is 9.00 Å². The smallest absolute Gasteiger partial charge is 0.321 e. The zero-order valence-corrected chi connectivity index (χ0v) is 6.19. The third-order valence-electron chi connectivity index (χ3n) is 1.37. The van der Waals surface area contributed by atoms with Gasteiger partial charge in [0.05, 0.1) is 0 Å². The summed E-state index contributed by atoms with van der Waals surface area (Å²) in [4.78, 5) is 10.3. The monoisotopic (exact) mass is 163 g/mol. The second-order valence-corrected chi connectivity index (χ2v) is 3.78. The molecule has 0 saturated carbocycles. The number of carbonyl (C=O) groups is 1. The van der Waals surface area contributed by atoms with E-state index in [0.29, 0.717) is 12.3 Å². The summed E-state index contributed by atoms with van der Waals surface area (Å²) in [5.74, 6) is -0.0906. The van der Waals surface area contributed by atoms with E-state index in [0.717, 1.165) is 0 Å². The lowest BCUT2D eigenvalue weighted by molar-refractivity contribution is -0.138. The van der Waals surface area contributed by atoms with Gasteiger partial charge in [-0.2, -0.15) is 0 Å². The van der Waals surface area contributed by atoms with Crippen LogP contribution in [-0.4, -0.2) is 39.4 Å². The van der Waals surface area contributed by atoms with Gasteiger partial charge in [0.15, 0.2) is 0 Å². The van der Waals surface area contributed by atoms with Gasteiger partial charge in [-0.25, -0.2) is 0 Å². The highest BCUT2D eigenvalue weighted by molar-refractivity contribution is 7.85. The van der Waals surface area contributed by atoms with Crippen LogP contribution in [0.5, 0.6) is 0 Å². The Kier molecular flexibility index (Phi) is 2.39. The predicted molar refractivity (Wildman–Crippen MR) is 37.3 cm³/mol. The van der Waals surface area contributed by atoms with Crippen LogP contribution in [0, 0.1) is 0 Å². The number of hydrogen-bond donors (Lipinski definition) is 2. The molecule has 2 N–H and O–H groups in total. The number of rotatable bonds is 1. The third-order valence-corrected chi connectivity index (χ3v) is 2.74. The third kappa shape index (κ3) is 1.78. The van der Waals surface area contributed by atoms with Crippen molar-refractivity contribution < 1.29 is 14.1 Å². The van der Waals surface area contributed by atoms with Gasteiger partial charge in [0, 0.05) is 28.9 Å². The van der Waals surface area contributed by atoms with E-state index >= 15 is 0 Å². The molecule has 1 rings (SSSR count).